The highest BCUT2D eigenvalue weighted by Gasteiger charge is 2.31. The Morgan fingerprint density at radius 2 is 2.15 bits per heavy atom. The van der Waals surface area contributed by atoms with E-state index in [9.17, 15) is 9.59 Å². The standard InChI is InChI=1S/C15H15N3O2/c1-9-7-10-8-11(16)5-6-13(10)18(9)15(20)12-3-2-4-14(19)17-12/h2-6,8-9H,7,16H2,1H3,(H,17,19). The number of nitrogen functional groups attached to an aromatic ring is 1. The van der Waals surface area contributed by atoms with Gasteiger partial charge in [0.25, 0.3) is 5.91 Å². The van der Waals surface area contributed by atoms with Gasteiger partial charge in [-0.05, 0) is 43.2 Å². The van der Waals surface area contributed by atoms with E-state index in [0.717, 1.165) is 17.7 Å². The van der Waals surface area contributed by atoms with E-state index in [1.165, 1.54) is 6.07 Å². The number of hydrogen-bond donors (Lipinski definition) is 2. The van der Waals surface area contributed by atoms with Crippen molar-refractivity contribution < 1.29 is 4.79 Å². The van der Waals surface area contributed by atoms with Crippen molar-refractivity contribution in [3.63, 3.8) is 0 Å². The molecule has 0 saturated carbocycles. The van der Waals surface area contributed by atoms with E-state index >= 15 is 0 Å². The molecule has 1 aromatic carbocycles. The largest absolute Gasteiger partial charge is 0.399 e. The van der Waals surface area contributed by atoms with Crippen LogP contribution in [0.5, 0.6) is 0 Å². The van der Waals surface area contributed by atoms with Crippen LogP contribution in [0.4, 0.5) is 11.4 Å². The first-order valence-corrected chi connectivity index (χ1v) is 6.47. The highest BCUT2D eigenvalue weighted by atomic mass is 16.2. The minimum atomic E-state index is -0.278. The second-order valence-corrected chi connectivity index (χ2v) is 5.05. The summed E-state index contributed by atoms with van der Waals surface area (Å²) in [4.78, 5) is 28.2. The fourth-order valence-electron chi connectivity index (χ4n) is 2.66. The minimum absolute atomic E-state index is 0.0445. The molecule has 5 heteroatoms. The van der Waals surface area contributed by atoms with Crippen LogP contribution in [0, 0.1) is 0 Å². The lowest BCUT2D eigenvalue weighted by atomic mass is 10.1. The van der Waals surface area contributed by atoms with E-state index in [1.54, 1.807) is 23.1 Å². The second-order valence-electron chi connectivity index (χ2n) is 5.05. The lowest BCUT2D eigenvalue weighted by Crippen LogP contribution is -2.36. The topological polar surface area (TPSA) is 79.2 Å². The number of carbonyl (C=O) groups excluding carboxylic acids is 1. The predicted octanol–water partition coefficient (Wildman–Crippen LogP) is 1.55. The quantitative estimate of drug-likeness (QED) is 0.771. The van der Waals surface area contributed by atoms with E-state index < -0.39 is 0 Å². The maximum atomic E-state index is 12.6. The van der Waals surface area contributed by atoms with Crippen molar-refractivity contribution in [2.75, 3.05) is 10.6 Å². The number of aromatic amines is 1. The van der Waals surface area contributed by atoms with Crippen LogP contribution in [0.1, 0.15) is 23.0 Å². The van der Waals surface area contributed by atoms with Crippen LogP contribution in [-0.2, 0) is 6.42 Å². The van der Waals surface area contributed by atoms with Gasteiger partial charge in [-0.1, -0.05) is 6.07 Å². The van der Waals surface area contributed by atoms with Gasteiger partial charge in [0.1, 0.15) is 5.69 Å². The monoisotopic (exact) mass is 269 g/mol. The average Bonchev–Trinajstić information content (AvgIpc) is 2.73. The Bertz CT molecular complexity index is 736. The molecule has 0 bridgehead atoms. The van der Waals surface area contributed by atoms with Gasteiger partial charge in [-0.15, -0.1) is 0 Å². The fourth-order valence-corrected chi connectivity index (χ4v) is 2.66. The van der Waals surface area contributed by atoms with Crippen molar-refractivity contribution in [2.24, 2.45) is 0 Å². The minimum Gasteiger partial charge on any atom is -0.399 e. The molecule has 1 atom stereocenters. The molecule has 0 saturated heterocycles. The van der Waals surface area contributed by atoms with E-state index in [-0.39, 0.29) is 17.5 Å². The van der Waals surface area contributed by atoms with Gasteiger partial charge in [0.2, 0.25) is 5.56 Å². The molecule has 1 aromatic heterocycles. The van der Waals surface area contributed by atoms with Gasteiger partial charge in [0.15, 0.2) is 0 Å². The number of nitrogens with one attached hydrogen (secondary N) is 1. The molecular formula is C15H15N3O2. The average molecular weight is 269 g/mol. The molecule has 2 heterocycles. The Balaban J connectivity index is 2.03. The Morgan fingerprint density at radius 1 is 1.35 bits per heavy atom. The Kier molecular flexibility index (Phi) is 2.82. The first-order chi connectivity index (χ1) is 9.56. The molecule has 1 unspecified atom stereocenters. The molecule has 102 valence electrons. The van der Waals surface area contributed by atoms with Gasteiger partial charge in [-0.25, -0.2) is 0 Å². The molecule has 0 aliphatic carbocycles. The third kappa shape index (κ3) is 1.97. The highest BCUT2D eigenvalue weighted by Crippen LogP contribution is 2.34. The third-order valence-electron chi connectivity index (χ3n) is 3.54. The summed E-state index contributed by atoms with van der Waals surface area (Å²) in [6, 6.07) is 10.2. The van der Waals surface area contributed by atoms with E-state index in [4.69, 9.17) is 5.73 Å². The fraction of sp³-hybridized carbons (Fsp3) is 0.200. The molecule has 1 aliphatic rings. The maximum absolute atomic E-state index is 12.6. The van der Waals surface area contributed by atoms with E-state index in [1.807, 2.05) is 19.1 Å². The van der Waals surface area contributed by atoms with Gasteiger partial charge in [0.05, 0.1) is 0 Å². The number of aromatic nitrogens is 1. The van der Waals surface area contributed by atoms with Crippen molar-refractivity contribution in [3.8, 4) is 0 Å². The number of fused-ring (bicyclic) bond motifs is 1. The number of pyridine rings is 1. The van der Waals surface area contributed by atoms with Crippen LogP contribution in [0.3, 0.4) is 0 Å². The smallest absolute Gasteiger partial charge is 0.275 e. The summed E-state index contributed by atoms with van der Waals surface area (Å²) < 4.78 is 0. The molecular weight excluding hydrogens is 254 g/mol. The lowest BCUT2D eigenvalue weighted by Gasteiger charge is -2.22. The van der Waals surface area contributed by atoms with Crippen molar-refractivity contribution >= 4 is 17.3 Å². The number of hydrogen-bond acceptors (Lipinski definition) is 3. The van der Waals surface area contributed by atoms with Crippen LogP contribution in [-0.4, -0.2) is 16.9 Å². The Morgan fingerprint density at radius 3 is 2.90 bits per heavy atom. The summed E-state index contributed by atoms with van der Waals surface area (Å²) >= 11 is 0. The summed E-state index contributed by atoms with van der Waals surface area (Å²) in [6.45, 7) is 1.98. The van der Waals surface area contributed by atoms with Gasteiger partial charge in [-0.3, -0.25) is 9.59 Å². The van der Waals surface area contributed by atoms with E-state index in [0.29, 0.717) is 11.4 Å². The number of rotatable bonds is 1. The molecule has 3 N–H and O–H groups in total. The zero-order chi connectivity index (χ0) is 14.3. The molecule has 2 aromatic rings. The Labute approximate surface area is 116 Å². The summed E-state index contributed by atoms with van der Waals surface area (Å²) in [7, 11) is 0. The van der Waals surface area contributed by atoms with Gasteiger partial charge in [-0.2, -0.15) is 0 Å². The summed E-state index contributed by atoms with van der Waals surface area (Å²) in [6.07, 6.45) is 0.767. The molecule has 1 aliphatic heterocycles. The first kappa shape index (κ1) is 12.5. The lowest BCUT2D eigenvalue weighted by molar-refractivity contribution is 0.0976. The van der Waals surface area contributed by atoms with Crippen LogP contribution < -0.4 is 16.2 Å². The second kappa shape index (κ2) is 4.52. The highest BCUT2D eigenvalue weighted by molar-refractivity contribution is 6.06. The van der Waals surface area contributed by atoms with Crippen molar-refractivity contribution in [2.45, 2.75) is 19.4 Å². The number of nitrogens with zero attached hydrogens (tertiary/aromatic N) is 1. The summed E-state index contributed by atoms with van der Waals surface area (Å²) in [5.41, 5.74) is 8.42. The number of anilines is 2. The number of carbonyl (C=O) groups is 1. The predicted molar refractivity (Wildman–Crippen MR) is 77.9 cm³/mol. The van der Waals surface area contributed by atoms with Crippen molar-refractivity contribution in [1.82, 2.24) is 4.98 Å². The van der Waals surface area contributed by atoms with Gasteiger partial charge >= 0.3 is 0 Å². The van der Waals surface area contributed by atoms with E-state index in [2.05, 4.69) is 4.98 Å². The molecule has 1 amide bonds. The van der Waals surface area contributed by atoms with Gasteiger partial charge < -0.3 is 15.6 Å². The molecule has 0 radical (unpaired) electrons. The molecule has 0 spiro atoms. The maximum Gasteiger partial charge on any atom is 0.275 e. The van der Waals surface area contributed by atoms with Crippen LogP contribution in [0.15, 0.2) is 41.2 Å². The first-order valence-electron chi connectivity index (χ1n) is 6.47. The molecule has 0 fully saturated rings. The van der Waals surface area contributed by atoms with Crippen molar-refractivity contribution in [3.05, 3.63) is 58.0 Å². The number of amides is 1. The van der Waals surface area contributed by atoms with Crippen LogP contribution in [0.25, 0.3) is 0 Å². The number of nitrogens with two attached hydrogens (primary N) is 1. The SMILES string of the molecule is CC1Cc2cc(N)ccc2N1C(=O)c1cccc(=O)[nH]1. The number of H-pyrrole nitrogens is 1. The van der Waals surface area contributed by atoms with Crippen LogP contribution in [0.2, 0.25) is 0 Å². The molecule has 20 heavy (non-hydrogen) atoms. The van der Waals surface area contributed by atoms with Crippen LogP contribution >= 0.6 is 0 Å². The molecule has 5 nitrogen and oxygen atoms in total. The summed E-state index contributed by atoms with van der Waals surface area (Å²) in [5, 5.41) is 0. The van der Waals surface area contributed by atoms with Gasteiger partial charge in [0, 0.05) is 23.5 Å². The third-order valence-corrected chi connectivity index (χ3v) is 3.54. The van der Waals surface area contributed by atoms with Crippen molar-refractivity contribution in [1.29, 1.82) is 0 Å². The normalized spacial score (nSPS) is 17.1. The Hall–Kier alpha value is -2.56. The summed E-state index contributed by atoms with van der Waals surface area (Å²) in [5.74, 6) is -0.196. The number of benzene rings is 1. The molecule has 3 rings (SSSR count). The zero-order valence-electron chi connectivity index (χ0n) is 11.1. The zero-order valence-corrected chi connectivity index (χ0v) is 11.1.